The second-order valence-corrected chi connectivity index (χ2v) is 12.6. The molecule has 0 unspecified atom stereocenters. The molecule has 2 fully saturated rings. The summed E-state index contributed by atoms with van der Waals surface area (Å²) in [6.07, 6.45) is 2.46. The van der Waals surface area contributed by atoms with E-state index in [4.69, 9.17) is 4.74 Å². The Morgan fingerprint density at radius 3 is 2.62 bits per heavy atom. The van der Waals surface area contributed by atoms with E-state index in [1.165, 1.54) is 0 Å². The molecule has 14 heteroatoms. The number of ether oxygens (including phenoxy) is 1. The van der Waals surface area contributed by atoms with E-state index in [0.29, 0.717) is 60.8 Å². The number of halogens is 2. The van der Waals surface area contributed by atoms with E-state index in [9.17, 15) is 22.0 Å². The van der Waals surface area contributed by atoms with Gasteiger partial charge in [-0.05, 0) is 49.7 Å². The van der Waals surface area contributed by atoms with Crippen molar-refractivity contribution in [1.82, 2.24) is 19.8 Å². The first kappa shape index (κ1) is 28.5. The van der Waals surface area contributed by atoms with Gasteiger partial charge in [0.05, 0.1) is 23.7 Å². The summed E-state index contributed by atoms with van der Waals surface area (Å²) in [4.78, 5) is 15.4. The van der Waals surface area contributed by atoms with Gasteiger partial charge in [0.15, 0.2) is 5.82 Å². The van der Waals surface area contributed by atoms with Crippen LogP contribution in [0.1, 0.15) is 34.5 Å². The van der Waals surface area contributed by atoms with Crippen molar-refractivity contribution in [3.8, 4) is 0 Å². The fraction of sp³-hybridized carbons (Fsp3) is 0.429. The number of morpholine rings is 1. The molecule has 224 valence electrons. The molecule has 42 heavy (non-hydrogen) atoms. The molecule has 11 nitrogen and oxygen atoms in total. The molecule has 3 aliphatic heterocycles. The molecule has 3 aromatic rings. The highest BCUT2D eigenvalue weighted by Crippen LogP contribution is 2.30. The lowest BCUT2D eigenvalue weighted by atomic mass is 10.1. The van der Waals surface area contributed by atoms with Crippen LogP contribution in [-0.4, -0.2) is 80.8 Å². The predicted octanol–water partition coefficient (Wildman–Crippen LogP) is 2.69. The van der Waals surface area contributed by atoms with Crippen molar-refractivity contribution < 1.29 is 26.7 Å². The SMILES string of the molecule is O=C(Nc1n[nH]c2c1CN(S(=O)(=O)c1cc(F)cc(F)c1)CC2)c1ccc(N2CCOCC2)cc1NC[C@H]1CCCN1. The number of nitrogens with one attached hydrogen (secondary N) is 4. The van der Waals surface area contributed by atoms with Crippen molar-refractivity contribution in [2.75, 3.05) is 61.5 Å². The number of anilines is 3. The number of carbonyl (C=O) groups is 1. The number of aromatic amines is 1. The van der Waals surface area contributed by atoms with Crippen molar-refractivity contribution in [2.24, 2.45) is 0 Å². The zero-order chi connectivity index (χ0) is 29.3. The highest BCUT2D eigenvalue weighted by Gasteiger charge is 2.32. The molecular formula is C28H33F2N7O4S. The maximum Gasteiger partial charge on any atom is 0.258 e. The van der Waals surface area contributed by atoms with E-state index >= 15 is 0 Å². The molecule has 0 radical (unpaired) electrons. The zero-order valence-electron chi connectivity index (χ0n) is 23.0. The Bertz CT molecular complexity index is 1550. The van der Waals surface area contributed by atoms with Crippen LogP contribution in [-0.2, 0) is 27.7 Å². The molecule has 1 aromatic heterocycles. The summed E-state index contributed by atoms with van der Waals surface area (Å²) in [5.74, 6) is -2.14. The number of rotatable bonds is 8. The second-order valence-electron chi connectivity index (χ2n) is 10.7. The standard InChI is InChI=1S/C28H33F2N7O4S/c29-18-12-19(30)14-22(13-18)42(39,40)37-7-5-25-24(17-37)27(35-34-25)33-28(38)23-4-3-21(36-8-10-41-11-9-36)15-26(23)32-16-20-2-1-6-31-20/h3-4,12-15,20,31-32H,1-2,5-11,16-17H2,(H2,33,34,35,38)/t20-/m1/s1. The lowest BCUT2D eigenvalue weighted by Gasteiger charge is -2.29. The molecule has 3 aliphatic rings. The van der Waals surface area contributed by atoms with Gasteiger partial charge >= 0.3 is 0 Å². The fourth-order valence-corrected chi connectivity index (χ4v) is 7.09. The Balaban J connectivity index is 1.23. The van der Waals surface area contributed by atoms with Crippen LogP contribution in [0.3, 0.4) is 0 Å². The highest BCUT2D eigenvalue weighted by atomic mass is 32.2. The molecule has 6 rings (SSSR count). The maximum atomic E-state index is 13.8. The minimum absolute atomic E-state index is 0.0926. The van der Waals surface area contributed by atoms with E-state index in [1.807, 2.05) is 12.1 Å². The minimum atomic E-state index is -4.19. The normalized spacial score (nSPS) is 19.5. The third kappa shape index (κ3) is 5.98. The third-order valence-electron chi connectivity index (χ3n) is 7.93. The first-order chi connectivity index (χ1) is 20.3. The fourth-order valence-electron chi connectivity index (χ4n) is 5.64. The van der Waals surface area contributed by atoms with Gasteiger partial charge in [0.1, 0.15) is 11.6 Å². The number of hydrogen-bond donors (Lipinski definition) is 4. The number of aromatic nitrogens is 2. The van der Waals surface area contributed by atoms with Gasteiger partial charge in [0.2, 0.25) is 10.0 Å². The van der Waals surface area contributed by atoms with Crippen LogP contribution in [0.4, 0.5) is 26.0 Å². The van der Waals surface area contributed by atoms with Crippen LogP contribution < -0.4 is 20.9 Å². The molecule has 4 N–H and O–H groups in total. The quantitative estimate of drug-likeness (QED) is 0.310. The Morgan fingerprint density at radius 2 is 1.88 bits per heavy atom. The van der Waals surface area contributed by atoms with Crippen LogP contribution in [0.15, 0.2) is 41.3 Å². The van der Waals surface area contributed by atoms with Gasteiger partial charge in [0, 0.05) is 73.9 Å². The molecule has 1 amide bonds. The summed E-state index contributed by atoms with van der Waals surface area (Å²) in [5.41, 5.74) is 3.30. The molecule has 2 aromatic carbocycles. The van der Waals surface area contributed by atoms with Crippen LogP contribution in [0.5, 0.6) is 0 Å². The summed E-state index contributed by atoms with van der Waals surface area (Å²) < 4.78 is 60.6. The monoisotopic (exact) mass is 601 g/mol. The van der Waals surface area contributed by atoms with E-state index in [1.54, 1.807) is 6.07 Å². The number of nitrogens with zero attached hydrogens (tertiary/aromatic N) is 3. The molecule has 0 saturated carbocycles. The Hall–Kier alpha value is -3.59. The van der Waals surface area contributed by atoms with Crippen molar-refractivity contribution in [3.63, 3.8) is 0 Å². The smallest absolute Gasteiger partial charge is 0.258 e. The lowest BCUT2D eigenvalue weighted by molar-refractivity contribution is 0.102. The second kappa shape index (κ2) is 12.0. The van der Waals surface area contributed by atoms with Crippen molar-refractivity contribution in [2.45, 2.75) is 36.7 Å². The molecule has 0 spiro atoms. The van der Waals surface area contributed by atoms with Gasteiger partial charge < -0.3 is 25.6 Å². The van der Waals surface area contributed by atoms with Gasteiger partial charge in [-0.2, -0.15) is 9.40 Å². The third-order valence-corrected chi connectivity index (χ3v) is 9.75. The summed E-state index contributed by atoms with van der Waals surface area (Å²) >= 11 is 0. The number of H-pyrrole nitrogens is 1. The molecule has 2 saturated heterocycles. The molecular weight excluding hydrogens is 568 g/mol. The average Bonchev–Trinajstić information content (AvgIpc) is 3.66. The van der Waals surface area contributed by atoms with Crippen molar-refractivity contribution in [3.05, 3.63) is 64.9 Å². The number of carbonyl (C=O) groups excluding carboxylic acids is 1. The number of fused-ring (bicyclic) bond motifs is 1. The van der Waals surface area contributed by atoms with Crippen LogP contribution in [0, 0.1) is 11.6 Å². The topological polar surface area (TPSA) is 132 Å². The molecule has 1 atom stereocenters. The Kier molecular flexibility index (Phi) is 8.12. The lowest BCUT2D eigenvalue weighted by Crippen LogP contribution is -2.36. The number of amides is 1. The first-order valence-corrected chi connectivity index (χ1v) is 15.5. The van der Waals surface area contributed by atoms with Crippen LogP contribution in [0.2, 0.25) is 0 Å². The molecule has 0 bridgehead atoms. The summed E-state index contributed by atoms with van der Waals surface area (Å²) in [5, 5.41) is 16.9. The van der Waals surface area contributed by atoms with Crippen LogP contribution in [0.25, 0.3) is 0 Å². The number of benzene rings is 2. The maximum absolute atomic E-state index is 13.8. The Morgan fingerprint density at radius 1 is 1.10 bits per heavy atom. The number of sulfonamides is 1. The summed E-state index contributed by atoms with van der Waals surface area (Å²) in [6, 6.07) is 8.18. The van der Waals surface area contributed by atoms with Gasteiger partial charge in [-0.15, -0.1) is 0 Å². The van der Waals surface area contributed by atoms with E-state index in [0.717, 1.165) is 54.6 Å². The van der Waals surface area contributed by atoms with Gasteiger partial charge in [-0.1, -0.05) is 0 Å². The molecule has 0 aliphatic carbocycles. The van der Waals surface area contributed by atoms with E-state index < -0.39 is 32.5 Å². The Labute approximate surface area is 242 Å². The van der Waals surface area contributed by atoms with E-state index in [-0.39, 0.29) is 18.9 Å². The molecule has 4 heterocycles. The zero-order valence-corrected chi connectivity index (χ0v) is 23.8. The van der Waals surface area contributed by atoms with Crippen molar-refractivity contribution >= 4 is 33.1 Å². The van der Waals surface area contributed by atoms with Gasteiger partial charge in [0.25, 0.3) is 5.91 Å². The minimum Gasteiger partial charge on any atom is -0.383 e. The summed E-state index contributed by atoms with van der Waals surface area (Å²) in [6.45, 7) is 4.42. The average molecular weight is 602 g/mol. The van der Waals surface area contributed by atoms with Gasteiger partial charge in [-0.3, -0.25) is 9.89 Å². The van der Waals surface area contributed by atoms with E-state index in [2.05, 4.69) is 31.0 Å². The summed E-state index contributed by atoms with van der Waals surface area (Å²) in [7, 11) is -4.19. The highest BCUT2D eigenvalue weighted by molar-refractivity contribution is 7.89. The first-order valence-electron chi connectivity index (χ1n) is 14.1. The van der Waals surface area contributed by atoms with Crippen LogP contribution >= 0.6 is 0 Å². The largest absolute Gasteiger partial charge is 0.383 e. The van der Waals surface area contributed by atoms with Gasteiger partial charge in [-0.25, -0.2) is 17.2 Å². The van der Waals surface area contributed by atoms with Crippen molar-refractivity contribution in [1.29, 1.82) is 0 Å². The predicted molar refractivity (Wildman–Crippen MR) is 153 cm³/mol. The number of hydrogen-bond acceptors (Lipinski definition) is 8.